The maximum absolute atomic E-state index is 13.4. The molecule has 0 N–H and O–H groups in total. The van der Waals surface area contributed by atoms with Crippen molar-refractivity contribution in [2.45, 2.75) is 19.9 Å². The van der Waals surface area contributed by atoms with Crippen molar-refractivity contribution in [3.05, 3.63) is 64.0 Å². The fraction of sp³-hybridized carbons (Fsp3) is 0.286. The van der Waals surface area contributed by atoms with E-state index in [1.807, 2.05) is 26.0 Å². The number of nitrogens with zero attached hydrogens (tertiary/aromatic N) is 1. The van der Waals surface area contributed by atoms with E-state index >= 15 is 0 Å². The minimum Gasteiger partial charge on any atom is -0.490 e. The van der Waals surface area contributed by atoms with Crippen LogP contribution < -0.4 is 14.4 Å². The molecule has 0 fully saturated rings. The summed E-state index contributed by atoms with van der Waals surface area (Å²) in [5, 5.41) is 1.17. The second kappa shape index (κ2) is 9.00. The van der Waals surface area contributed by atoms with Crippen LogP contribution >= 0.6 is 15.9 Å². The van der Waals surface area contributed by atoms with Gasteiger partial charge >= 0.3 is 0 Å². The van der Waals surface area contributed by atoms with E-state index in [-0.39, 0.29) is 11.7 Å². The summed E-state index contributed by atoms with van der Waals surface area (Å²) >= 11 is 3.38. The molecule has 0 saturated carbocycles. The Kier molecular flexibility index (Phi) is 6.64. The normalized spacial score (nSPS) is 17.1. The smallest absolute Gasteiger partial charge is 0.258 e. The van der Waals surface area contributed by atoms with E-state index < -0.39 is 15.9 Å². The number of amides is 1. The maximum atomic E-state index is 13.4. The van der Waals surface area contributed by atoms with Crippen molar-refractivity contribution in [2.24, 2.45) is 0 Å². The molecule has 154 valence electrons. The summed E-state index contributed by atoms with van der Waals surface area (Å²) in [6, 6.07) is 11.6. The Morgan fingerprint density at radius 2 is 1.72 bits per heavy atom. The average Bonchev–Trinajstić information content (AvgIpc) is 3.04. The first-order valence-electron chi connectivity index (χ1n) is 9.24. The van der Waals surface area contributed by atoms with Crippen molar-refractivity contribution < 1.29 is 22.7 Å². The van der Waals surface area contributed by atoms with E-state index in [9.17, 15) is 13.2 Å². The number of carbonyl (C=O) groups excluding carboxylic acids is 1. The molecular weight excluding hydrogens is 458 g/mol. The number of hydrogen-bond donors (Lipinski definition) is 0. The minimum absolute atomic E-state index is 0.149. The van der Waals surface area contributed by atoms with Crippen molar-refractivity contribution >= 4 is 37.4 Å². The SMILES string of the molecule is CCOc1ccc(C(=O)N(c2ccc(Br)cc2)[C@@H]2C=CS(=O)(=O)C2)cc1OCC. The Labute approximate surface area is 179 Å². The molecular formula is C21H22BrNO5S. The molecule has 2 aromatic rings. The third kappa shape index (κ3) is 5.00. The summed E-state index contributed by atoms with van der Waals surface area (Å²) in [7, 11) is -3.33. The van der Waals surface area contributed by atoms with Gasteiger partial charge in [0.05, 0.1) is 25.0 Å². The van der Waals surface area contributed by atoms with Crippen LogP contribution in [0.4, 0.5) is 5.69 Å². The Morgan fingerprint density at radius 3 is 2.31 bits per heavy atom. The lowest BCUT2D eigenvalue weighted by molar-refractivity contribution is 0.0982. The zero-order chi connectivity index (χ0) is 21.0. The summed E-state index contributed by atoms with van der Waals surface area (Å²) in [6.07, 6.45) is 1.55. The molecule has 3 rings (SSSR count). The number of anilines is 1. The highest BCUT2D eigenvalue weighted by Gasteiger charge is 2.32. The maximum Gasteiger partial charge on any atom is 0.258 e. The minimum atomic E-state index is -3.33. The van der Waals surface area contributed by atoms with Crippen LogP contribution in [0.25, 0.3) is 0 Å². The van der Waals surface area contributed by atoms with Gasteiger partial charge < -0.3 is 14.4 Å². The van der Waals surface area contributed by atoms with Crippen LogP contribution in [0.5, 0.6) is 11.5 Å². The van der Waals surface area contributed by atoms with Crippen LogP contribution in [0.1, 0.15) is 24.2 Å². The number of halogens is 1. The summed E-state index contributed by atoms with van der Waals surface area (Å²) < 4.78 is 36.0. The molecule has 1 atom stereocenters. The molecule has 0 saturated heterocycles. The quantitative estimate of drug-likeness (QED) is 0.594. The Balaban J connectivity index is 2.01. The molecule has 0 unspecified atom stereocenters. The van der Waals surface area contributed by atoms with Gasteiger partial charge in [0.25, 0.3) is 5.91 Å². The van der Waals surface area contributed by atoms with Gasteiger partial charge in [-0.25, -0.2) is 8.42 Å². The Bertz CT molecular complexity index is 1020. The highest BCUT2D eigenvalue weighted by Crippen LogP contribution is 2.31. The lowest BCUT2D eigenvalue weighted by atomic mass is 10.1. The van der Waals surface area contributed by atoms with E-state index in [0.29, 0.717) is 36.0 Å². The second-order valence-corrected chi connectivity index (χ2v) is 9.25. The van der Waals surface area contributed by atoms with E-state index in [0.717, 1.165) is 4.47 Å². The topological polar surface area (TPSA) is 72.9 Å². The largest absolute Gasteiger partial charge is 0.490 e. The first-order valence-corrected chi connectivity index (χ1v) is 11.7. The molecule has 1 aliphatic heterocycles. The van der Waals surface area contributed by atoms with Crippen molar-refractivity contribution in [1.82, 2.24) is 0 Å². The third-order valence-electron chi connectivity index (χ3n) is 4.36. The van der Waals surface area contributed by atoms with Gasteiger partial charge in [0.15, 0.2) is 21.3 Å². The molecule has 1 heterocycles. The van der Waals surface area contributed by atoms with Crippen LogP contribution in [0.2, 0.25) is 0 Å². The third-order valence-corrected chi connectivity index (χ3v) is 6.26. The number of sulfone groups is 1. The number of rotatable bonds is 7. The molecule has 0 aliphatic carbocycles. The van der Waals surface area contributed by atoms with Gasteiger partial charge in [-0.1, -0.05) is 15.9 Å². The van der Waals surface area contributed by atoms with E-state index in [1.54, 1.807) is 36.4 Å². The van der Waals surface area contributed by atoms with E-state index in [4.69, 9.17) is 9.47 Å². The van der Waals surface area contributed by atoms with Crippen molar-refractivity contribution in [1.29, 1.82) is 0 Å². The molecule has 0 radical (unpaired) electrons. The van der Waals surface area contributed by atoms with Gasteiger partial charge in [0.2, 0.25) is 0 Å². The monoisotopic (exact) mass is 479 g/mol. The Morgan fingerprint density at radius 1 is 1.07 bits per heavy atom. The summed E-state index contributed by atoms with van der Waals surface area (Å²) in [5.41, 5.74) is 0.995. The molecule has 0 aromatic heterocycles. The van der Waals surface area contributed by atoms with Crippen LogP contribution in [0.15, 0.2) is 58.4 Å². The van der Waals surface area contributed by atoms with Crippen LogP contribution in [-0.2, 0) is 9.84 Å². The zero-order valence-corrected chi connectivity index (χ0v) is 18.6. The van der Waals surface area contributed by atoms with Crippen molar-refractivity contribution in [3.63, 3.8) is 0 Å². The van der Waals surface area contributed by atoms with Gasteiger partial charge in [-0.3, -0.25) is 4.79 Å². The second-order valence-electron chi connectivity index (χ2n) is 6.40. The number of carbonyl (C=O) groups is 1. The standard InChI is InChI=1S/C21H22BrNO5S/c1-3-27-19-10-5-15(13-20(19)28-4-2)21(24)23(17-8-6-16(22)7-9-17)18-11-12-29(25,26)14-18/h5-13,18H,3-4,14H2,1-2H3/t18-/m1/s1. The summed E-state index contributed by atoms with van der Waals surface area (Å²) in [5.74, 6) is 0.572. The van der Waals surface area contributed by atoms with Crippen LogP contribution in [-0.4, -0.2) is 39.3 Å². The summed E-state index contributed by atoms with van der Waals surface area (Å²) in [4.78, 5) is 14.9. The van der Waals surface area contributed by atoms with E-state index in [1.165, 1.54) is 10.3 Å². The van der Waals surface area contributed by atoms with Gasteiger partial charge in [-0.2, -0.15) is 0 Å². The van der Waals surface area contributed by atoms with Gasteiger partial charge in [-0.15, -0.1) is 0 Å². The van der Waals surface area contributed by atoms with Crippen molar-refractivity contribution in [3.8, 4) is 11.5 Å². The Hall–Kier alpha value is -2.32. The zero-order valence-electron chi connectivity index (χ0n) is 16.2. The molecule has 8 heteroatoms. The molecule has 0 bridgehead atoms. The molecule has 29 heavy (non-hydrogen) atoms. The highest BCUT2D eigenvalue weighted by atomic mass is 79.9. The fourth-order valence-corrected chi connectivity index (χ4v) is 4.64. The van der Waals surface area contributed by atoms with Gasteiger partial charge in [0.1, 0.15) is 0 Å². The first kappa shape index (κ1) is 21.4. The molecule has 1 amide bonds. The lowest BCUT2D eigenvalue weighted by Gasteiger charge is -2.28. The number of hydrogen-bond acceptors (Lipinski definition) is 5. The molecule has 0 spiro atoms. The molecule has 2 aromatic carbocycles. The fourth-order valence-electron chi connectivity index (χ4n) is 3.10. The van der Waals surface area contributed by atoms with Crippen LogP contribution in [0.3, 0.4) is 0 Å². The van der Waals surface area contributed by atoms with Gasteiger partial charge in [-0.05, 0) is 62.4 Å². The van der Waals surface area contributed by atoms with Crippen molar-refractivity contribution in [2.75, 3.05) is 23.9 Å². The van der Waals surface area contributed by atoms with Crippen LogP contribution in [0, 0.1) is 0 Å². The predicted molar refractivity (Wildman–Crippen MR) is 116 cm³/mol. The first-order chi connectivity index (χ1) is 13.8. The molecule has 6 nitrogen and oxygen atoms in total. The summed E-state index contributed by atoms with van der Waals surface area (Å²) in [6.45, 7) is 4.63. The highest BCUT2D eigenvalue weighted by molar-refractivity contribution is 9.10. The number of benzene rings is 2. The molecule has 1 aliphatic rings. The van der Waals surface area contributed by atoms with E-state index in [2.05, 4.69) is 15.9 Å². The van der Waals surface area contributed by atoms with Gasteiger partial charge in [0, 0.05) is 21.1 Å². The lowest BCUT2D eigenvalue weighted by Crippen LogP contribution is -2.41. The number of ether oxygens (including phenoxy) is 2. The average molecular weight is 480 g/mol. The predicted octanol–water partition coefficient (Wildman–Crippen LogP) is 4.20.